The number of hydrogen-bond donors (Lipinski definition) is 1. The molecule has 0 aliphatic heterocycles. The second kappa shape index (κ2) is 3.71. The zero-order valence-corrected chi connectivity index (χ0v) is 9.02. The van der Waals surface area contributed by atoms with Crippen LogP contribution in [0.5, 0.6) is 0 Å². The molecule has 0 unspecified atom stereocenters. The summed E-state index contributed by atoms with van der Waals surface area (Å²) in [5.41, 5.74) is 1.10. The standard InChI is InChI=1S/C8H8Cl2N4/c1-2-3-4-11-7-8(12-4)14-6(10)5(9)13-7/h2-3H2,1H3,(H,11,12,13,14). The van der Waals surface area contributed by atoms with E-state index in [9.17, 15) is 0 Å². The number of aromatic nitrogens is 4. The van der Waals surface area contributed by atoms with Gasteiger partial charge in [0.1, 0.15) is 5.82 Å². The Hall–Kier alpha value is -0.870. The zero-order valence-electron chi connectivity index (χ0n) is 7.51. The fourth-order valence-electron chi connectivity index (χ4n) is 1.20. The van der Waals surface area contributed by atoms with Gasteiger partial charge in [0, 0.05) is 6.42 Å². The molecule has 0 radical (unpaired) electrons. The van der Waals surface area contributed by atoms with E-state index in [0.29, 0.717) is 11.3 Å². The van der Waals surface area contributed by atoms with Crippen LogP contribution in [-0.2, 0) is 6.42 Å². The molecule has 74 valence electrons. The van der Waals surface area contributed by atoms with Crippen LogP contribution < -0.4 is 0 Å². The minimum Gasteiger partial charge on any atom is -0.325 e. The van der Waals surface area contributed by atoms with Gasteiger partial charge in [0.15, 0.2) is 21.6 Å². The molecular formula is C8H8Cl2N4. The molecule has 0 aliphatic carbocycles. The topological polar surface area (TPSA) is 54.5 Å². The lowest BCUT2D eigenvalue weighted by molar-refractivity contribution is 0.860. The van der Waals surface area contributed by atoms with Gasteiger partial charge in [-0.25, -0.2) is 15.0 Å². The van der Waals surface area contributed by atoms with Crippen molar-refractivity contribution in [3.8, 4) is 0 Å². The number of aromatic amines is 1. The largest absolute Gasteiger partial charge is 0.325 e. The minimum absolute atomic E-state index is 0.189. The first kappa shape index (κ1) is 9.68. The van der Waals surface area contributed by atoms with Gasteiger partial charge in [-0.2, -0.15) is 0 Å². The van der Waals surface area contributed by atoms with Crippen molar-refractivity contribution in [2.24, 2.45) is 0 Å². The molecule has 2 heterocycles. The molecule has 0 spiro atoms. The van der Waals surface area contributed by atoms with E-state index in [2.05, 4.69) is 26.9 Å². The van der Waals surface area contributed by atoms with Crippen molar-refractivity contribution in [2.45, 2.75) is 19.8 Å². The van der Waals surface area contributed by atoms with Crippen LogP contribution in [0.25, 0.3) is 11.3 Å². The third-order valence-corrected chi connectivity index (χ3v) is 2.41. The highest BCUT2D eigenvalue weighted by atomic mass is 35.5. The number of hydrogen-bond acceptors (Lipinski definition) is 3. The van der Waals surface area contributed by atoms with E-state index >= 15 is 0 Å². The maximum Gasteiger partial charge on any atom is 0.199 e. The van der Waals surface area contributed by atoms with Crippen molar-refractivity contribution in [2.75, 3.05) is 0 Å². The monoisotopic (exact) mass is 230 g/mol. The molecule has 0 atom stereocenters. The third kappa shape index (κ3) is 1.67. The van der Waals surface area contributed by atoms with Gasteiger partial charge in [0.2, 0.25) is 0 Å². The molecule has 0 aromatic carbocycles. The van der Waals surface area contributed by atoms with Gasteiger partial charge in [-0.05, 0) is 6.42 Å². The van der Waals surface area contributed by atoms with Crippen LogP contribution in [0.4, 0.5) is 0 Å². The minimum atomic E-state index is 0.189. The Kier molecular flexibility index (Phi) is 2.56. The summed E-state index contributed by atoms with van der Waals surface area (Å²) in [5, 5.41) is 0.389. The maximum atomic E-state index is 5.72. The van der Waals surface area contributed by atoms with Gasteiger partial charge in [-0.3, -0.25) is 0 Å². The number of aryl methyl sites for hydroxylation is 1. The highest BCUT2D eigenvalue weighted by molar-refractivity contribution is 6.40. The van der Waals surface area contributed by atoms with Crippen LogP contribution in [0.2, 0.25) is 10.3 Å². The number of imidazole rings is 1. The van der Waals surface area contributed by atoms with E-state index in [0.717, 1.165) is 18.7 Å². The average Bonchev–Trinajstić information content (AvgIpc) is 2.48. The lowest BCUT2D eigenvalue weighted by Gasteiger charge is -1.91. The molecule has 1 N–H and O–H groups in total. The average molecular weight is 231 g/mol. The Balaban J connectivity index is 2.54. The summed E-state index contributed by atoms with van der Waals surface area (Å²) in [6.45, 7) is 2.08. The predicted molar refractivity (Wildman–Crippen MR) is 55.7 cm³/mol. The fraction of sp³-hybridized carbons (Fsp3) is 0.375. The fourth-order valence-corrected chi connectivity index (χ4v) is 1.44. The number of fused-ring (bicyclic) bond motifs is 1. The van der Waals surface area contributed by atoms with E-state index in [4.69, 9.17) is 23.2 Å². The maximum absolute atomic E-state index is 5.72. The molecule has 0 saturated carbocycles. The van der Waals surface area contributed by atoms with Gasteiger partial charge in [-0.1, -0.05) is 30.1 Å². The first-order valence-corrected chi connectivity index (χ1v) is 5.04. The van der Waals surface area contributed by atoms with Crippen LogP contribution in [-0.4, -0.2) is 19.9 Å². The Bertz CT molecular complexity index is 427. The zero-order chi connectivity index (χ0) is 10.1. The highest BCUT2D eigenvalue weighted by Gasteiger charge is 2.08. The molecule has 0 saturated heterocycles. The van der Waals surface area contributed by atoms with Gasteiger partial charge >= 0.3 is 0 Å². The van der Waals surface area contributed by atoms with Crippen molar-refractivity contribution in [1.29, 1.82) is 0 Å². The predicted octanol–water partition coefficient (Wildman–Crippen LogP) is 2.61. The van der Waals surface area contributed by atoms with Crippen molar-refractivity contribution in [3.63, 3.8) is 0 Å². The molecular weight excluding hydrogens is 223 g/mol. The van der Waals surface area contributed by atoms with Crippen LogP contribution in [0.15, 0.2) is 0 Å². The van der Waals surface area contributed by atoms with E-state index in [1.54, 1.807) is 0 Å². The number of nitrogens with one attached hydrogen (secondary N) is 1. The summed E-state index contributed by atoms with van der Waals surface area (Å²) in [6, 6.07) is 0. The van der Waals surface area contributed by atoms with Crippen molar-refractivity contribution in [1.82, 2.24) is 19.9 Å². The first-order chi connectivity index (χ1) is 6.70. The second-order valence-corrected chi connectivity index (χ2v) is 3.63. The Morgan fingerprint density at radius 3 is 2.57 bits per heavy atom. The molecule has 4 nitrogen and oxygen atoms in total. The smallest absolute Gasteiger partial charge is 0.199 e. The molecule has 14 heavy (non-hydrogen) atoms. The van der Waals surface area contributed by atoms with Crippen LogP contribution in [0.1, 0.15) is 19.2 Å². The molecule has 6 heteroatoms. The van der Waals surface area contributed by atoms with Crippen molar-refractivity contribution in [3.05, 3.63) is 16.1 Å². The molecule has 0 amide bonds. The molecule has 2 aromatic heterocycles. The normalized spacial score (nSPS) is 11.1. The Labute approximate surface area is 90.7 Å². The third-order valence-electron chi connectivity index (χ3n) is 1.79. The number of rotatable bonds is 2. The quantitative estimate of drug-likeness (QED) is 0.864. The van der Waals surface area contributed by atoms with Crippen LogP contribution in [0.3, 0.4) is 0 Å². The second-order valence-electron chi connectivity index (χ2n) is 2.91. The van der Waals surface area contributed by atoms with E-state index in [1.807, 2.05) is 0 Å². The summed E-state index contributed by atoms with van der Waals surface area (Å²) in [7, 11) is 0. The van der Waals surface area contributed by atoms with Crippen molar-refractivity contribution < 1.29 is 0 Å². The first-order valence-electron chi connectivity index (χ1n) is 4.28. The number of H-pyrrole nitrogens is 1. The Morgan fingerprint density at radius 1 is 1.14 bits per heavy atom. The highest BCUT2D eigenvalue weighted by Crippen LogP contribution is 2.19. The lowest BCUT2D eigenvalue weighted by Crippen LogP contribution is -1.84. The summed E-state index contributed by atoms with van der Waals surface area (Å²) in [6.07, 6.45) is 1.88. The summed E-state index contributed by atoms with van der Waals surface area (Å²) >= 11 is 11.4. The lowest BCUT2D eigenvalue weighted by atomic mass is 10.3. The summed E-state index contributed by atoms with van der Waals surface area (Å²) in [4.78, 5) is 15.3. The SMILES string of the molecule is CCCc1nc2nc(Cl)c(Cl)nc2[nH]1. The van der Waals surface area contributed by atoms with Gasteiger partial charge in [-0.15, -0.1) is 0 Å². The molecule has 0 aliphatic rings. The van der Waals surface area contributed by atoms with Crippen molar-refractivity contribution >= 4 is 34.5 Å². The van der Waals surface area contributed by atoms with E-state index in [-0.39, 0.29) is 10.3 Å². The van der Waals surface area contributed by atoms with Gasteiger partial charge in [0.05, 0.1) is 0 Å². The number of halogens is 2. The van der Waals surface area contributed by atoms with Gasteiger partial charge in [0.25, 0.3) is 0 Å². The van der Waals surface area contributed by atoms with E-state index < -0.39 is 0 Å². The van der Waals surface area contributed by atoms with Crippen LogP contribution in [0, 0.1) is 0 Å². The molecule has 2 aromatic rings. The number of nitrogens with zero attached hydrogens (tertiary/aromatic N) is 3. The summed E-state index contributed by atoms with van der Waals surface area (Å²) in [5.74, 6) is 0.862. The van der Waals surface area contributed by atoms with E-state index in [1.165, 1.54) is 0 Å². The molecule has 0 fully saturated rings. The summed E-state index contributed by atoms with van der Waals surface area (Å²) < 4.78 is 0. The Morgan fingerprint density at radius 2 is 1.86 bits per heavy atom. The van der Waals surface area contributed by atoms with Gasteiger partial charge < -0.3 is 4.98 Å². The molecule has 2 rings (SSSR count). The molecule has 0 bridgehead atoms. The van der Waals surface area contributed by atoms with Crippen LogP contribution >= 0.6 is 23.2 Å².